The van der Waals surface area contributed by atoms with Gasteiger partial charge < -0.3 is 14.9 Å². The molecule has 4 heterocycles. The minimum atomic E-state index is -0.124. The highest BCUT2D eigenvalue weighted by atomic mass is 16.1. The van der Waals surface area contributed by atoms with Crippen LogP contribution >= 0.6 is 0 Å². The number of pyridine rings is 1. The number of nitrogens with one attached hydrogen (secondary N) is 3. The summed E-state index contributed by atoms with van der Waals surface area (Å²) in [6.07, 6.45) is 7.17. The maximum Gasteiger partial charge on any atom is 0.253 e. The van der Waals surface area contributed by atoms with Crippen LogP contribution in [0.4, 0.5) is 0 Å². The van der Waals surface area contributed by atoms with Gasteiger partial charge in [0.15, 0.2) is 5.82 Å². The van der Waals surface area contributed by atoms with E-state index in [0.29, 0.717) is 17.9 Å². The number of hydrogen-bond acceptors (Lipinski definition) is 5. The topological polar surface area (TPSA) is 117 Å². The highest BCUT2D eigenvalue weighted by molar-refractivity contribution is 5.99. The monoisotopic (exact) mass is 476 g/mol. The van der Waals surface area contributed by atoms with Crippen molar-refractivity contribution in [1.29, 1.82) is 0 Å². The fourth-order valence-corrected chi connectivity index (χ4v) is 4.55. The van der Waals surface area contributed by atoms with E-state index >= 15 is 0 Å². The lowest BCUT2D eigenvalue weighted by atomic mass is 9.97. The van der Waals surface area contributed by atoms with Gasteiger partial charge in [0.1, 0.15) is 11.2 Å². The molecular weight excluding hydrogens is 452 g/mol. The van der Waals surface area contributed by atoms with E-state index in [4.69, 9.17) is 4.98 Å². The van der Waals surface area contributed by atoms with Crippen molar-refractivity contribution in [3.63, 3.8) is 0 Å². The molecule has 178 valence electrons. The lowest BCUT2D eigenvalue weighted by Gasteiger charge is -2.11. The second-order valence-corrected chi connectivity index (χ2v) is 8.73. The molecule has 0 bridgehead atoms. The summed E-state index contributed by atoms with van der Waals surface area (Å²) in [4.78, 5) is 29.5. The summed E-state index contributed by atoms with van der Waals surface area (Å²) in [5.74, 6) is 0.546. The number of nitrogens with zero attached hydrogens (tertiary/aromatic N) is 5. The van der Waals surface area contributed by atoms with Gasteiger partial charge in [-0.05, 0) is 56.2 Å². The van der Waals surface area contributed by atoms with E-state index < -0.39 is 0 Å². The van der Waals surface area contributed by atoms with Crippen LogP contribution in [0.15, 0.2) is 61.3 Å². The van der Waals surface area contributed by atoms with Crippen molar-refractivity contribution in [1.82, 2.24) is 40.0 Å². The predicted molar refractivity (Wildman–Crippen MR) is 139 cm³/mol. The molecule has 9 heteroatoms. The van der Waals surface area contributed by atoms with Crippen molar-refractivity contribution in [3.05, 3.63) is 78.1 Å². The Labute approximate surface area is 206 Å². The van der Waals surface area contributed by atoms with Crippen molar-refractivity contribution < 1.29 is 4.79 Å². The molecule has 0 aliphatic carbocycles. The number of aromatic amines is 2. The number of rotatable bonds is 5. The summed E-state index contributed by atoms with van der Waals surface area (Å²) in [5, 5.41) is 11.5. The van der Waals surface area contributed by atoms with Crippen LogP contribution in [0.5, 0.6) is 0 Å². The van der Waals surface area contributed by atoms with Crippen LogP contribution in [-0.2, 0) is 0 Å². The Hall–Kier alpha value is -4.79. The lowest BCUT2D eigenvalue weighted by Crippen LogP contribution is -2.23. The molecule has 1 amide bonds. The first-order chi connectivity index (χ1) is 17.5. The molecule has 6 rings (SSSR count). The smallest absolute Gasteiger partial charge is 0.253 e. The van der Waals surface area contributed by atoms with Crippen LogP contribution in [0.2, 0.25) is 0 Å². The second-order valence-electron chi connectivity index (χ2n) is 8.73. The summed E-state index contributed by atoms with van der Waals surface area (Å²) in [6.45, 7) is 6.37. The second kappa shape index (κ2) is 8.46. The third-order valence-electron chi connectivity index (χ3n) is 6.38. The molecule has 0 unspecified atom stereocenters. The molecule has 0 atom stereocenters. The van der Waals surface area contributed by atoms with Crippen LogP contribution in [0.1, 0.15) is 28.5 Å². The maximum absolute atomic E-state index is 12.5. The third kappa shape index (κ3) is 3.52. The fourth-order valence-electron chi connectivity index (χ4n) is 4.55. The molecule has 0 saturated heterocycles. The lowest BCUT2D eigenvalue weighted by molar-refractivity contribution is 0.0955. The fraction of sp³-hybridized carbons (Fsp3) is 0.148. The number of para-hydroxylation sites is 1. The number of amides is 1. The molecule has 0 spiro atoms. The molecule has 0 fully saturated rings. The minimum Gasteiger partial charge on any atom is -0.352 e. The van der Waals surface area contributed by atoms with E-state index in [1.807, 2.05) is 61.9 Å². The number of imidazole rings is 2. The molecule has 0 aliphatic rings. The van der Waals surface area contributed by atoms with Crippen molar-refractivity contribution in [2.45, 2.75) is 20.8 Å². The molecule has 0 aliphatic heterocycles. The van der Waals surface area contributed by atoms with E-state index in [2.05, 4.69) is 36.5 Å². The van der Waals surface area contributed by atoms with Crippen LogP contribution in [0.25, 0.3) is 50.3 Å². The standard InChI is InChI=1S/C27H24N8O/c1-4-29-27(36)20-12-28-11-19(16(20)3)17-8-9-21-18(10-17)24(34-33-21)26-31-22-6-5-7-23(25(22)32-26)35-13-15(2)30-14-35/h5-14H,4H2,1-3H3,(H,29,36)(H,31,32)(H,33,34). The van der Waals surface area contributed by atoms with Gasteiger partial charge in [0, 0.05) is 36.1 Å². The molecule has 2 aromatic carbocycles. The molecule has 9 nitrogen and oxygen atoms in total. The first-order valence-corrected chi connectivity index (χ1v) is 11.7. The largest absolute Gasteiger partial charge is 0.352 e. The zero-order chi connectivity index (χ0) is 24.8. The number of carbonyl (C=O) groups excluding carboxylic acids is 1. The Bertz CT molecular complexity index is 1760. The van der Waals surface area contributed by atoms with E-state index in [0.717, 1.165) is 55.7 Å². The number of aryl methyl sites for hydroxylation is 1. The molecule has 0 radical (unpaired) electrons. The molecule has 6 aromatic rings. The summed E-state index contributed by atoms with van der Waals surface area (Å²) in [7, 11) is 0. The van der Waals surface area contributed by atoms with Gasteiger partial charge in [0.05, 0.1) is 34.3 Å². The Kier molecular flexibility index (Phi) is 5.10. The minimum absolute atomic E-state index is 0.124. The van der Waals surface area contributed by atoms with Gasteiger partial charge in [-0.15, -0.1) is 0 Å². The molecule has 0 saturated carbocycles. The Morgan fingerprint density at radius 3 is 2.81 bits per heavy atom. The zero-order valence-electron chi connectivity index (χ0n) is 20.1. The van der Waals surface area contributed by atoms with Gasteiger partial charge in [-0.25, -0.2) is 9.97 Å². The highest BCUT2D eigenvalue weighted by Gasteiger charge is 2.18. The van der Waals surface area contributed by atoms with Crippen molar-refractivity contribution in [2.75, 3.05) is 6.54 Å². The van der Waals surface area contributed by atoms with E-state index in [9.17, 15) is 4.79 Å². The third-order valence-corrected chi connectivity index (χ3v) is 6.38. The van der Waals surface area contributed by atoms with Crippen molar-refractivity contribution >= 4 is 27.8 Å². The van der Waals surface area contributed by atoms with E-state index in [1.54, 1.807) is 18.7 Å². The average molecular weight is 477 g/mol. The number of H-pyrrole nitrogens is 2. The van der Waals surface area contributed by atoms with E-state index in [-0.39, 0.29) is 5.91 Å². The van der Waals surface area contributed by atoms with Crippen LogP contribution in [-0.4, -0.2) is 47.2 Å². The number of carbonyl (C=O) groups is 1. The molecule has 4 aromatic heterocycles. The molecular formula is C27H24N8O. The number of fused-ring (bicyclic) bond motifs is 2. The predicted octanol–water partition coefficient (Wildman–Crippen LogP) is 4.72. The summed E-state index contributed by atoms with van der Waals surface area (Å²) < 4.78 is 1.97. The van der Waals surface area contributed by atoms with E-state index in [1.165, 1.54) is 0 Å². The molecule has 3 N–H and O–H groups in total. The maximum atomic E-state index is 12.5. The van der Waals surface area contributed by atoms with Gasteiger partial charge in [-0.3, -0.25) is 14.9 Å². The van der Waals surface area contributed by atoms with Crippen molar-refractivity contribution in [2.24, 2.45) is 0 Å². The Morgan fingerprint density at radius 2 is 2.00 bits per heavy atom. The van der Waals surface area contributed by atoms with Gasteiger partial charge in [0.25, 0.3) is 5.91 Å². The van der Waals surface area contributed by atoms with Crippen LogP contribution in [0, 0.1) is 13.8 Å². The highest BCUT2D eigenvalue weighted by Crippen LogP contribution is 2.33. The number of aromatic nitrogens is 7. The Morgan fingerprint density at radius 1 is 1.11 bits per heavy atom. The normalized spacial score (nSPS) is 11.4. The summed E-state index contributed by atoms with van der Waals surface area (Å²) >= 11 is 0. The summed E-state index contributed by atoms with van der Waals surface area (Å²) in [5.41, 5.74) is 8.55. The van der Waals surface area contributed by atoms with Gasteiger partial charge in [0.2, 0.25) is 0 Å². The van der Waals surface area contributed by atoms with Gasteiger partial charge in [-0.2, -0.15) is 5.10 Å². The average Bonchev–Trinajstić information content (AvgIpc) is 3.61. The van der Waals surface area contributed by atoms with Crippen LogP contribution < -0.4 is 5.32 Å². The quantitative estimate of drug-likeness (QED) is 0.333. The first-order valence-electron chi connectivity index (χ1n) is 11.7. The van der Waals surface area contributed by atoms with Crippen molar-refractivity contribution in [3.8, 4) is 28.3 Å². The Balaban J connectivity index is 1.46. The zero-order valence-corrected chi connectivity index (χ0v) is 20.1. The van der Waals surface area contributed by atoms with Gasteiger partial charge >= 0.3 is 0 Å². The summed E-state index contributed by atoms with van der Waals surface area (Å²) in [6, 6.07) is 12.1. The van der Waals surface area contributed by atoms with Crippen LogP contribution in [0.3, 0.4) is 0 Å². The number of hydrogen-bond donors (Lipinski definition) is 3. The number of benzene rings is 2. The SMILES string of the molecule is CCNC(=O)c1cncc(-c2ccc3[nH]nc(-c4nc5c(-n6cnc(C)c6)cccc5[nH]4)c3c2)c1C. The molecule has 36 heavy (non-hydrogen) atoms. The van der Waals surface area contributed by atoms with Gasteiger partial charge in [-0.1, -0.05) is 12.1 Å². The first kappa shape index (κ1) is 21.7.